The summed E-state index contributed by atoms with van der Waals surface area (Å²) in [5.74, 6) is 1.13. The highest BCUT2D eigenvalue weighted by molar-refractivity contribution is 8.14. The van der Waals surface area contributed by atoms with Crippen LogP contribution in [0.3, 0.4) is 0 Å². The first-order chi connectivity index (χ1) is 9.40. The number of amidine groups is 1. The van der Waals surface area contributed by atoms with Crippen molar-refractivity contribution in [1.82, 2.24) is 5.32 Å². The highest BCUT2D eigenvalue weighted by atomic mass is 32.2. The lowest BCUT2D eigenvalue weighted by molar-refractivity contribution is 0.415. The normalized spacial score (nSPS) is 24.2. The third-order valence-corrected chi connectivity index (χ3v) is 5.01. The van der Waals surface area contributed by atoms with Gasteiger partial charge in [0.2, 0.25) is 0 Å². The summed E-state index contributed by atoms with van der Waals surface area (Å²) in [5.41, 5.74) is 1.40. The molecule has 1 aromatic rings. The van der Waals surface area contributed by atoms with Crippen molar-refractivity contribution in [3.63, 3.8) is 0 Å². The average Bonchev–Trinajstić information content (AvgIpc) is 2.88. The molecule has 0 radical (unpaired) electrons. The van der Waals surface area contributed by atoms with Gasteiger partial charge in [-0.3, -0.25) is 4.99 Å². The lowest BCUT2D eigenvalue weighted by atomic mass is 9.96. The molecule has 0 bridgehead atoms. The van der Waals surface area contributed by atoms with E-state index in [1.165, 1.54) is 42.8 Å². The number of benzene rings is 1. The third kappa shape index (κ3) is 3.75. The summed E-state index contributed by atoms with van der Waals surface area (Å²) < 4.78 is 0. The second-order valence-corrected chi connectivity index (χ2v) is 6.58. The quantitative estimate of drug-likeness (QED) is 0.910. The molecule has 0 aromatic heterocycles. The molecule has 1 atom stereocenters. The van der Waals surface area contributed by atoms with Crippen molar-refractivity contribution < 1.29 is 0 Å². The van der Waals surface area contributed by atoms with Crippen molar-refractivity contribution >= 4 is 16.9 Å². The minimum absolute atomic E-state index is 0.457. The molecule has 3 rings (SSSR count). The van der Waals surface area contributed by atoms with E-state index in [1.54, 1.807) is 0 Å². The maximum atomic E-state index is 4.85. The molecule has 1 fully saturated rings. The van der Waals surface area contributed by atoms with Gasteiger partial charge in [-0.25, -0.2) is 0 Å². The van der Waals surface area contributed by atoms with E-state index in [0.717, 1.165) is 12.2 Å². The van der Waals surface area contributed by atoms with E-state index in [4.69, 9.17) is 4.99 Å². The Morgan fingerprint density at radius 3 is 2.68 bits per heavy atom. The molecule has 1 unspecified atom stereocenters. The van der Waals surface area contributed by atoms with Gasteiger partial charge in [-0.2, -0.15) is 0 Å². The van der Waals surface area contributed by atoms with Gasteiger partial charge in [0, 0.05) is 11.8 Å². The Bertz CT molecular complexity index is 424. The Balaban J connectivity index is 1.52. The Hall–Kier alpha value is -0.960. The van der Waals surface area contributed by atoms with Crippen molar-refractivity contribution in [2.24, 2.45) is 4.99 Å². The number of hydrogen-bond donors (Lipinski definition) is 1. The van der Waals surface area contributed by atoms with Crippen molar-refractivity contribution in [3.8, 4) is 0 Å². The van der Waals surface area contributed by atoms with Gasteiger partial charge in [-0.15, -0.1) is 0 Å². The van der Waals surface area contributed by atoms with Gasteiger partial charge >= 0.3 is 0 Å². The first-order valence-corrected chi connectivity index (χ1v) is 8.40. The number of nitrogens with one attached hydrogen (secondary N) is 1. The molecule has 1 aliphatic carbocycles. The Kier molecular flexibility index (Phi) is 4.44. The predicted octanol–water partition coefficient (Wildman–Crippen LogP) is 3.62. The summed E-state index contributed by atoms with van der Waals surface area (Å²) in [4.78, 5) is 4.85. The van der Waals surface area contributed by atoms with Crippen LogP contribution in [0.15, 0.2) is 35.3 Å². The van der Waals surface area contributed by atoms with Crippen LogP contribution in [-0.2, 0) is 6.42 Å². The van der Waals surface area contributed by atoms with E-state index >= 15 is 0 Å². The SMILES string of the molecule is c1ccc(CC2CSC(NC3CCCCC3)=N2)cc1. The number of nitrogens with zero attached hydrogens (tertiary/aromatic N) is 1. The molecule has 1 aromatic carbocycles. The molecule has 1 heterocycles. The molecule has 0 saturated heterocycles. The lowest BCUT2D eigenvalue weighted by Crippen LogP contribution is -2.34. The van der Waals surface area contributed by atoms with Crippen LogP contribution in [-0.4, -0.2) is 23.0 Å². The number of rotatable bonds is 3. The van der Waals surface area contributed by atoms with E-state index in [9.17, 15) is 0 Å². The zero-order chi connectivity index (χ0) is 12.9. The molecule has 102 valence electrons. The molecule has 19 heavy (non-hydrogen) atoms. The molecule has 1 aliphatic heterocycles. The molecular formula is C16H22N2S. The lowest BCUT2D eigenvalue weighted by Gasteiger charge is -2.23. The highest BCUT2D eigenvalue weighted by Gasteiger charge is 2.21. The van der Waals surface area contributed by atoms with Crippen molar-refractivity contribution in [1.29, 1.82) is 0 Å². The van der Waals surface area contributed by atoms with E-state index in [1.807, 2.05) is 11.8 Å². The molecule has 2 nitrogen and oxygen atoms in total. The summed E-state index contributed by atoms with van der Waals surface area (Å²) in [6, 6.07) is 11.8. The van der Waals surface area contributed by atoms with Crippen LogP contribution in [0.1, 0.15) is 37.7 Å². The summed E-state index contributed by atoms with van der Waals surface area (Å²) in [6.07, 6.45) is 7.89. The fraction of sp³-hybridized carbons (Fsp3) is 0.562. The highest BCUT2D eigenvalue weighted by Crippen LogP contribution is 2.23. The number of hydrogen-bond acceptors (Lipinski definition) is 3. The van der Waals surface area contributed by atoms with E-state index in [-0.39, 0.29) is 0 Å². The Morgan fingerprint density at radius 1 is 1.11 bits per heavy atom. The van der Waals surface area contributed by atoms with Gasteiger partial charge in [0.05, 0.1) is 6.04 Å². The average molecular weight is 274 g/mol. The minimum atomic E-state index is 0.457. The zero-order valence-corrected chi connectivity index (χ0v) is 12.2. The van der Waals surface area contributed by atoms with Crippen LogP contribution in [0.4, 0.5) is 0 Å². The fourth-order valence-electron chi connectivity index (χ4n) is 2.91. The van der Waals surface area contributed by atoms with Gasteiger partial charge in [-0.1, -0.05) is 61.4 Å². The number of thioether (sulfide) groups is 1. The maximum absolute atomic E-state index is 4.85. The smallest absolute Gasteiger partial charge is 0.157 e. The van der Waals surface area contributed by atoms with Crippen LogP contribution in [0, 0.1) is 0 Å². The Labute approximate surface area is 120 Å². The zero-order valence-electron chi connectivity index (χ0n) is 11.3. The monoisotopic (exact) mass is 274 g/mol. The van der Waals surface area contributed by atoms with E-state index < -0.39 is 0 Å². The summed E-state index contributed by atoms with van der Waals surface area (Å²) in [7, 11) is 0. The first kappa shape index (κ1) is 13.0. The van der Waals surface area contributed by atoms with Crippen LogP contribution in [0.2, 0.25) is 0 Å². The fourth-order valence-corrected chi connectivity index (χ4v) is 3.92. The molecule has 2 aliphatic rings. The molecule has 0 amide bonds. The molecule has 1 saturated carbocycles. The molecule has 1 N–H and O–H groups in total. The largest absolute Gasteiger partial charge is 0.362 e. The van der Waals surface area contributed by atoms with E-state index in [2.05, 4.69) is 35.6 Å². The Morgan fingerprint density at radius 2 is 1.89 bits per heavy atom. The van der Waals surface area contributed by atoms with Crippen molar-refractivity contribution in [3.05, 3.63) is 35.9 Å². The third-order valence-electron chi connectivity index (χ3n) is 3.96. The molecule has 0 spiro atoms. The van der Waals surface area contributed by atoms with Gasteiger partial charge in [0.25, 0.3) is 0 Å². The molecular weight excluding hydrogens is 252 g/mol. The first-order valence-electron chi connectivity index (χ1n) is 7.41. The summed E-state index contributed by atoms with van der Waals surface area (Å²) in [5, 5.41) is 4.83. The van der Waals surface area contributed by atoms with Gasteiger partial charge < -0.3 is 5.32 Å². The van der Waals surface area contributed by atoms with Crippen molar-refractivity contribution in [2.45, 2.75) is 50.6 Å². The van der Waals surface area contributed by atoms with Crippen LogP contribution in [0.25, 0.3) is 0 Å². The topological polar surface area (TPSA) is 24.4 Å². The number of aliphatic imine (C=N–C) groups is 1. The van der Waals surface area contributed by atoms with E-state index in [0.29, 0.717) is 12.1 Å². The van der Waals surface area contributed by atoms with Crippen LogP contribution >= 0.6 is 11.8 Å². The van der Waals surface area contributed by atoms with Gasteiger partial charge in [0.15, 0.2) is 5.17 Å². The van der Waals surface area contributed by atoms with Gasteiger partial charge in [-0.05, 0) is 24.8 Å². The predicted molar refractivity (Wildman–Crippen MR) is 83.8 cm³/mol. The van der Waals surface area contributed by atoms with Crippen molar-refractivity contribution in [2.75, 3.05) is 5.75 Å². The summed E-state index contributed by atoms with van der Waals surface area (Å²) >= 11 is 1.90. The van der Waals surface area contributed by atoms with Gasteiger partial charge in [0.1, 0.15) is 0 Å². The summed E-state index contributed by atoms with van der Waals surface area (Å²) in [6.45, 7) is 0. The van der Waals surface area contributed by atoms with Crippen LogP contribution < -0.4 is 5.32 Å². The second kappa shape index (κ2) is 6.47. The second-order valence-electron chi connectivity index (χ2n) is 5.57. The standard InChI is InChI=1S/C16H22N2S/c1-3-7-13(8-4-1)11-15-12-19-16(18-15)17-14-9-5-2-6-10-14/h1,3-4,7-8,14-15H,2,5-6,9-12H2,(H,17,18). The maximum Gasteiger partial charge on any atom is 0.157 e. The van der Waals surface area contributed by atoms with Crippen LogP contribution in [0.5, 0.6) is 0 Å². The minimum Gasteiger partial charge on any atom is -0.362 e. The molecule has 3 heteroatoms.